The molecule has 1 aliphatic heterocycles. The highest BCUT2D eigenvalue weighted by Crippen LogP contribution is 2.25. The van der Waals surface area contributed by atoms with Crippen LogP contribution in [0.5, 0.6) is 0 Å². The Morgan fingerprint density at radius 1 is 1.21 bits per heavy atom. The quantitative estimate of drug-likeness (QED) is 0.407. The number of hydrogen-bond acceptors (Lipinski definition) is 5. The number of nitrogens with one attached hydrogen (secondary N) is 1. The molecular weight excluding hydrogens is 418 g/mol. The van der Waals surface area contributed by atoms with Crippen molar-refractivity contribution in [3.63, 3.8) is 0 Å². The number of carbonyl (C=O) groups is 1. The van der Waals surface area contributed by atoms with Crippen LogP contribution in [-0.2, 0) is 23.0 Å². The number of sulfonamides is 1. The molecule has 0 spiro atoms. The van der Waals surface area contributed by atoms with Gasteiger partial charge in [-0.2, -0.15) is 4.31 Å². The molecule has 1 amide bonds. The summed E-state index contributed by atoms with van der Waals surface area (Å²) in [5.74, 6) is -0.606. The lowest BCUT2D eigenvalue weighted by Crippen LogP contribution is -2.38. The van der Waals surface area contributed by atoms with Gasteiger partial charge in [-0.3, -0.25) is 14.9 Å². The van der Waals surface area contributed by atoms with E-state index in [2.05, 4.69) is 5.32 Å². The van der Waals surface area contributed by atoms with Gasteiger partial charge in [0.1, 0.15) is 5.02 Å². The number of halogens is 1. The number of amides is 1. The lowest BCUT2D eigenvalue weighted by molar-refractivity contribution is -0.384. The molecule has 0 aromatic heterocycles. The Morgan fingerprint density at radius 3 is 2.66 bits per heavy atom. The largest absolute Gasteiger partial charge is 0.352 e. The van der Waals surface area contributed by atoms with Crippen LogP contribution in [0.4, 0.5) is 5.69 Å². The lowest BCUT2D eigenvalue weighted by atomic mass is 10.0. The predicted octanol–water partition coefficient (Wildman–Crippen LogP) is 2.76. The van der Waals surface area contributed by atoms with E-state index in [-0.39, 0.29) is 35.0 Å². The van der Waals surface area contributed by atoms with E-state index < -0.39 is 20.9 Å². The summed E-state index contributed by atoms with van der Waals surface area (Å²) in [6, 6.07) is 11.5. The maximum Gasteiger partial charge on any atom is 0.288 e. The van der Waals surface area contributed by atoms with Crippen LogP contribution in [0, 0.1) is 10.1 Å². The fourth-order valence-electron chi connectivity index (χ4n) is 3.19. The molecule has 1 aliphatic rings. The van der Waals surface area contributed by atoms with Crippen molar-refractivity contribution in [3.8, 4) is 0 Å². The van der Waals surface area contributed by atoms with Crippen LogP contribution in [0.25, 0.3) is 0 Å². The van der Waals surface area contributed by atoms with Crippen molar-refractivity contribution in [1.29, 1.82) is 0 Å². The molecule has 0 aliphatic carbocycles. The van der Waals surface area contributed by atoms with E-state index in [1.165, 1.54) is 22.0 Å². The standard InChI is InChI=1S/C19H20ClN3O5S/c20-17-7-6-15(12-18(17)23(25)26)19(24)21-9-3-11-29(27,28)22-10-8-14-4-1-2-5-16(14)13-22/h1-2,4-7,12H,3,8-11,13H2,(H,21,24). The second-order valence-corrected chi connectivity index (χ2v) is 9.20. The van der Waals surface area contributed by atoms with Gasteiger partial charge in [-0.1, -0.05) is 35.9 Å². The number of nitro benzene ring substituents is 1. The summed E-state index contributed by atoms with van der Waals surface area (Å²) in [4.78, 5) is 22.4. The molecule has 2 aromatic rings. The molecule has 0 bridgehead atoms. The summed E-state index contributed by atoms with van der Waals surface area (Å²) in [7, 11) is -3.44. The SMILES string of the molecule is O=C(NCCCS(=O)(=O)N1CCc2ccccc2C1)c1ccc(Cl)c([N+](=O)[O-])c1. The third kappa shape index (κ3) is 5.11. The van der Waals surface area contributed by atoms with Gasteiger partial charge in [-0.25, -0.2) is 8.42 Å². The van der Waals surface area contributed by atoms with Gasteiger partial charge >= 0.3 is 0 Å². The fourth-order valence-corrected chi connectivity index (χ4v) is 4.85. The first-order valence-corrected chi connectivity index (χ1v) is 11.0. The molecule has 1 heterocycles. The smallest absolute Gasteiger partial charge is 0.288 e. The summed E-state index contributed by atoms with van der Waals surface area (Å²) in [5.41, 5.74) is 1.92. The average molecular weight is 438 g/mol. The van der Waals surface area contributed by atoms with E-state index in [9.17, 15) is 23.3 Å². The zero-order valence-corrected chi connectivity index (χ0v) is 17.1. The van der Waals surface area contributed by atoms with Gasteiger partial charge in [-0.15, -0.1) is 0 Å². The summed E-state index contributed by atoms with van der Waals surface area (Å²) < 4.78 is 26.7. The maximum atomic E-state index is 12.6. The molecule has 0 saturated carbocycles. The van der Waals surface area contributed by atoms with Crippen molar-refractivity contribution < 1.29 is 18.1 Å². The Bertz CT molecular complexity index is 1040. The number of fused-ring (bicyclic) bond motifs is 1. The summed E-state index contributed by atoms with van der Waals surface area (Å²) in [5, 5.41) is 13.4. The van der Waals surface area contributed by atoms with Crippen molar-refractivity contribution >= 4 is 33.2 Å². The zero-order chi connectivity index (χ0) is 21.0. The highest BCUT2D eigenvalue weighted by atomic mass is 35.5. The molecule has 0 saturated heterocycles. The van der Waals surface area contributed by atoms with Gasteiger partial charge in [-0.05, 0) is 36.1 Å². The van der Waals surface area contributed by atoms with E-state index in [0.29, 0.717) is 19.5 Å². The Hall–Kier alpha value is -2.49. The monoisotopic (exact) mass is 437 g/mol. The van der Waals surface area contributed by atoms with E-state index in [1.807, 2.05) is 24.3 Å². The van der Waals surface area contributed by atoms with Gasteiger partial charge in [0.05, 0.1) is 10.7 Å². The summed E-state index contributed by atoms with van der Waals surface area (Å²) in [6.45, 7) is 0.943. The molecule has 0 atom stereocenters. The fraction of sp³-hybridized carbons (Fsp3) is 0.316. The van der Waals surface area contributed by atoms with Crippen molar-refractivity contribution in [1.82, 2.24) is 9.62 Å². The molecule has 1 N–H and O–H groups in total. The Kier molecular flexibility index (Phi) is 6.51. The van der Waals surface area contributed by atoms with Crippen molar-refractivity contribution in [2.24, 2.45) is 0 Å². The van der Waals surface area contributed by atoms with Gasteiger partial charge < -0.3 is 5.32 Å². The number of rotatable bonds is 7. The third-order valence-electron chi connectivity index (χ3n) is 4.76. The number of benzene rings is 2. The first-order chi connectivity index (χ1) is 13.8. The minimum atomic E-state index is -3.44. The van der Waals surface area contributed by atoms with E-state index in [0.717, 1.165) is 11.6 Å². The van der Waals surface area contributed by atoms with Crippen LogP contribution in [0.1, 0.15) is 27.9 Å². The summed E-state index contributed by atoms with van der Waals surface area (Å²) in [6.07, 6.45) is 0.920. The van der Waals surface area contributed by atoms with E-state index in [4.69, 9.17) is 11.6 Å². The summed E-state index contributed by atoms with van der Waals surface area (Å²) >= 11 is 5.73. The number of nitro groups is 1. The topological polar surface area (TPSA) is 110 Å². The van der Waals surface area contributed by atoms with E-state index >= 15 is 0 Å². The first-order valence-electron chi connectivity index (χ1n) is 9.04. The minimum Gasteiger partial charge on any atom is -0.352 e. The van der Waals surface area contributed by atoms with Gasteiger partial charge in [0.2, 0.25) is 10.0 Å². The van der Waals surface area contributed by atoms with Crippen LogP contribution in [0.2, 0.25) is 5.02 Å². The van der Waals surface area contributed by atoms with Gasteiger partial charge in [0.25, 0.3) is 11.6 Å². The van der Waals surface area contributed by atoms with Crippen molar-refractivity contribution in [2.75, 3.05) is 18.8 Å². The Balaban J connectivity index is 1.52. The van der Waals surface area contributed by atoms with Crippen LogP contribution in [0.15, 0.2) is 42.5 Å². The van der Waals surface area contributed by atoms with Crippen LogP contribution < -0.4 is 5.32 Å². The van der Waals surface area contributed by atoms with Crippen LogP contribution >= 0.6 is 11.6 Å². The molecule has 29 heavy (non-hydrogen) atoms. The Labute approximate surface area is 173 Å². The number of nitrogens with zero attached hydrogens (tertiary/aromatic N) is 2. The second kappa shape index (κ2) is 8.89. The highest BCUT2D eigenvalue weighted by molar-refractivity contribution is 7.89. The molecule has 8 nitrogen and oxygen atoms in total. The first kappa shape index (κ1) is 21.2. The molecule has 154 valence electrons. The third-order valence-corrected chi connectivity index (χ3v) is 6.98. The van der Waals surface area contributed by atoms with Gasteiger partial charge in [0.15, 0.2) is 0 Å². The van der Waals surface area contributed by atoms with Crippen molar-refractivity contribution in [3.05, 3.63) is 74.3 Å². The molecule has 2 aromatic carbocycles. The molecule has 3 rings (SSSR count). The molecule has 0 radical (unpaired) electrons. The molecule has 0 unspecified atom stereocenters. The zero-order valence-electron chi connectivity index (χ0n) is 15.5. The average Bonchev–Trinajstić information content (AvgIpc) is 2.70. The lowest BCUT2D eigenvalue weighted by Gasteiger charge is -2.28. The van der Waals surface area contributed by atoms with E-state index in [1.54, 1.807) is 0 Å². The molecular formula is C19H20ClN3O5S. The maximum absolute atomic E-state index is 12.6. The predicted molar refractivity (Wildman–Crippen MR) is 109 cm³/mol. The Morgan fingerprint density at radius 2 is 1.93 bits per heavy atom. The number of hydrogen-bond donors (Lipinski definition) is 1. The van der Waals surface area contributed by atoms with Gasteiger partial charge in [0, 0.05) is 31.3 Å². The molecule has 10 heteroatoms. The second-order valence-electron chi connectivity index (χ2n) is 6.70. The normalized spacial score (nSPS) is 14.2. The minimum absolute atomic E-state index is 0.0549. The van der Waals surface area contributed by atoms with Crippen LogP contribution in [-0.4, -0.2) is 42.4 Å². The number of carbonyl (C=O) groups excluding carboxylic acids is 1. The van der Waals surface area contributed by atoms with Crippen molar-refractivity contribution in [2.45, 2.75) is 19.4 Å². The van der Waals surface area contributed by atoms with Crippen LogP contribution in [0.3, 0.4) is 0 Å². The highest BCUT2D eigenvalue weighted by Gasteiger charge is 2.26. The molecule has 0 fully saturated rings.